The molecule has 21 heavy (non-hydrogen) atoms. The van der Waals surface area contributed by atoms with Gasteiger partial charge in [-0.1, -0.05) is 0 Å². The van der Waals surface area contributed by atoms with Crippen molar-refractivity contribution in [2.45, 2.75) is 12.8 Å². The van der Waals surface area contributed by atoms with Gasteiger partial charge in [0.05, 0.1) is 11.6 Å². The van der Waals surface area contributed by atoms with E-state index in [9.17, 15) is 0 Å². The van der Waals surface area contributed by atoms with Crippen LogP contribution in [-0.2, 0) is 6.42 Å². The van der Waals surface area contributed by atoms with Crippen LogP contribution in [0.25, 0.3) is 10.9 Å². The average molecular weight is 305 g/mol. The number of nitriles is 1. The number of aromatic nitrogens is 1. The number of aromatic amines is 1. The van der Waals surface area contributed by atoms with Crippen molar-refractivity contribution < 1.29 is 0 Å². The van der Waals surface area contributed by atoms with E-state index < -0.39 is 0 Å². The highest BCUT2D eigenvalue weighted by Gasteiger charge is 2.10. The first-order valence-electron chi connectivity index (χ1n) is 7.30. The summed E-state index contributed by atoms with van der Waals surface area (Å²) in [6.45, 7) is 5.70. The SMILES string of the molecule is Cl.N#Cc1ccc2[nH]cc(CCCN3CCNCC3)c2c1. The molecule has 1 aromatic heterocycles. The Balaban J connectivity index is 0.00000161. The molecule has 0 aliphatic carbocycles. The number of nitrogens with zero attached hydrogens (tertiary/aromatic N) is 2. The lowest BCUT2D eigenvalue weighted by Crippen LogP contribution is -2.43. The van der Waals surface area contributed by atoms with E-state index >= 15 is 0 Å². The van der Waals surface area contributed by atoms with E-state index in [4.69, 9.17) is 5.26 Å². The van der Waals surface area contributed by atoms with Crippen LogP contribution in [0.5, 0.6) is 0 Å². The van der Waals surface area contributed by atoms with Crippen molar-refractivity contribution in [1.82, 2.24) is 15.2 Å². The fourth-order valence-corrected chi connectivity index (χ4v) is 2.88. The quantitative estimate of drug-likeness (QED) is 0.911. The van der Waals surface area contributed by atoms with Gasteiger partial charge in [-0.05, 0) is 43.1 Å². The van der Waals surface area contributed by atoms with Gasteiger partial charge in [0.25, 0.3) is 0 Å². The topological polar surface area (TPSA) is 54.9 Å². The van der Waals surface area contributed by atoms with Crippen LogP contribution in [0.3, 0.4) is 0 Å². The maximum absolute atomic E-state index is 9.00. The number of piperazine rings is 1. The van der Waals surface area contributed by atoms with E-state index in [1.54, 1.807) is 0 Å². The largest absolute Gasteiger partial charge is 0.361 e. The Labute approximate surface area is 131 Å². The fourth-order valence-electron chi connectivity index (χ4n) is 2.88. The van der Waals surface area contributed by atoms with Crippen LogP contribution in [0, 0.1) is 11.3 Å². The Morgan fingerprint density at radius 2 is 2.05 bits per heavy atom. The Hall–Kier alpha value is -1.54. The summed E-state index contributed by atoms with van der Waals surface area (Å²) in [7, 11) is 0. The Morgan fingerprint density at radius 3 is 2.81 bits per heavy atom. The Kier molecular flexibility index (Phi) is 5.63. The van der Waals surface area contributed by atoms with Crippen LogP contribution in [0.15, 0.2) is 24.4 Å². The van der Waals surface area contributed by atoms with Crippen molar-refractivity contribution in [3.63, 3.8) is 0 Å². The first-order valence-corrected chi connectivity index (χ1v) is 7.30. The molecule has 0 radical (unpaired) electrons. The molecule has 5 heteroatoms. The highest BCUT2D eigenvalue weighted by Crippen LogP contribution is 2.21. The van der Waals surface area contributed by atoms with Crippen LogP contribution in [0.1, 0.15) is 17.5 Å². The van der Waals surface area contributed by atoms with E-state index in [0.717, 1.165) is 50.2 Å². The third-order valence-electron chi connectivity index (χ3n) is 4.03. The summed E-state index contributed by atoms with van der Waals surface area (Å²) in [6, 6.07) is 8.07. The molecule has 112 valence electrons. The summed E-state index contributed by atoms with van der Waals surface area (Å²) in [5.74, 6) is 0. The molecule has 1 saturated heterocycles. The van der Waals surface area contributed by atoms with Gasteiger partial charge in [-0.3, -0.25) is 0 Å². The molecule has 2 heterocycles. The third-order valence-corrected chi connectivity index (χ3v) is 4.03. The number of rotatable bonds is 4. The first kappa shape index (κ1) is 15.8. The second-order valence-corrected chi connectivity index (χ2v) is 5.38. The number of H-pyrrole nitrogens is 1. The van der Waals surface area contributed by atoms with Crippen molar-refractivity contribution in [3.8, 4) is 6.07 Å². The van der Waals surface area contributed by atoms with Gasteiger partial charge in [-0.25, -0.2) is 0 Å². The molecule has 1 aromatic carbocycles. The Morgan fingerprint density at radius 1 is 1.24 bits per heavy atom. The van der Waals surface area contributed by atoms with Gasteiger partial charge >= 0.3 is 0 Å². The van der Waals surface area contributed by atoms with Crippen LogP contribution >= 0.6 is 12.4 Å². The predicted octanol–water partition coefficient (Wildman–Crippen LogP) is 2.30. The summed E-state index contributed by atoms with van der Waals surface area (Å²) >= 11 is 0. The fraction of sp³-hybridized carbons (Fsp3) is 0.438. The van der Waals surface area contributed by atoms with Crippen LogP contribution in [0.2, 0.25) is 0 Å². The molecule has 1 aliphatic heterocycles. The van der Waals surface area contributed by atoms with Gasteiger partial charge in [0.1, 0.15) is 0 Å². The van der Waals surface area contributed by atoms with Gasteiger partial charge in [0, 0.05) is 43.3 Å². The molecule has 0 unspecified atom stereocenters. The second-order valence-electron chi connectivity index (χ2n) is 5.38. The van der Waals surface area contributed by atoms with Crippen molar-refractivity contribution >= 4 is 23.3 Å². The van der Waals surface area contributed by atoms with Gasteiger partial charge < -0.3 is 15.2 Å². The smallest absolute Gasteiger partial charge is 0.0991 e. The lowest BCUT2D eigenvalue weighted by atomic mass is 10.1. The summed E-state index contributed by atoms with van der Waals surface area (Å²) in [5, 5.41) is 13.6. The van der Waals surface area contributed by atoms with E-state index in [1.165, 1.54) is 17.4 Å². The lowest BCUT2D eigenvalue weighted by molar-refractivity contribution is 0.238. The standard InChI is InChI=1S/C16H20N4.ClH/c17-11-13-3-4-16-15(10-13)14(12-19-16)2-1-7-20-8-5-18-6-9-20;/h3-4,10,12,18-19H,1-2,5-9H2;1H. The number of nitrogens with one attached hydrogen (secondary N) is 2. The zero-order chi connectivity index (χ0) is 13.8. The van der Waals surface area contributed by atoms with Gasteiger partial charge in [-0.15, -0.1) is 12.4 Å². The van der Waals surface area contributed by atoms with Crippen molar-refractivity contribution in [1.29, 1.82) is 5.26 Å². The molecule has 0 spiro atoms. The molecule has 2 N–H and O–H groups in total. The summed E-state index contributed by atoms with van der Waals surface area (Å²) in [4.78, 5) is 5.81. The maximum Gasteiger partial charge on any atom is 0.0991 e. The van der Waals surface area contributed by atoms with Crippen molar-refractivity contribution in [3.05, 3.63) is 35.5 Å². The minimum absolute atomic E-state index is 0. The average Bonchev–Trinajstić information content (AvgIpc) is 2.91. The minimum atomic E-state index is 0. The molecule has 1 fully saturated rings. The summed E-state index contributed by atoms with van der Waals surface area (Å²) in [5.41, 5.74) is 3.19. The highest BCUT2D eigenvalue weighted by atomic mass is 35.5. The second kappa shape index (κ2) is 7.46. The highest BCUT2D eigenvalue weighted by molar-refractivity contribution is 5.85. The van der Waals surface area contributed by atoms with Gasteiger partial charge in [0.2, 0.25) is 0 Å². The van der Waals surface area contributed by atoms with Gasteiger partial charge in [-0.2, -0.15) is 5.26 Å². The predicted molar refractivity (Wildman–Crippen MR) is 87.9 cm³/mol. The van der Waals surface area contributed by atoms with Crippen LogP contribution < -0.4 is 5.32 Å². The van der Waals surface area contributed by atoms with E-state index in [2.05, 4.69) is 27.5 Å². The number of hydrogen-bond acceptors (Lipinski definition) is 3. The molecule has 2 aromatic rings. The van der Waals surface area contributed by atoms with Crippen molar-refractivity contribution in [2.24, 2.45) is 0 Å². The third kappa shape index (κ3) is 3.76. The Bertz CT molecular complexity index is 623. The number of hydrogen-bond donors (Lipinski definition) is 2. The molecule has 0 bridgehead atoms. The van der Waals surface area contributed by atoms with E-state index in [-0.39, 0.29) is 12.4 Å². The summed E-state index contributed by atoms with van der Waals surface area (Å²) < 4.78 is 0. The molecular formula is C16H21ClN4. The molecule has 0 saturated carbocycles. The number of benzene rings is 1. The van der Waals surface area contributed by atoms with Gasteiger partial charge in [0.15, 0.2) is 0 Å². The zero-order valence-electron chi connectivity index (χ0n) is 12.1. The minimum Gasteiger partial charge on any atom is -0.361 e. The number of halogens is 1. The molecule has 4 nitrogen and oxygen atoms in total. The molecule has 1 aliphatic rings. The molecule has 0 atom stereocenters. The van der Waals surface area contributed by atoms with Crippen molar-refractivity contribution in [2.75, 3.05) is 32.7 Å². The van der Waals surface area contributed by atoms with Crippen LogP contribution in [-0.4, -0.2) is 42.6 Å². The van der Waals surface area contributed by atoms with E-state index in [0.29, 0.717) is 0 Å². The monoisotopic (exact) mass is 304 g/mol. The molecule has 3 rings (SSSR count). The zero-order valence-corrected chi connectivity index (χ0v) is 12.9. The molecular weight excluding hydrogens is 284 g/mol. The lowest BCUT2D eigenvalue weighted by Gasteiger charge is -2.26. The maximum atomic E-state index is 9.00. The normalized spacial score (nSPS) is 15.6. The van der Waals surface area contributed by atoms with E-state index in [1.807, 2.05) is 18.2 Å². The first-order chi connectivity index (χ1) is 9.86. The number of fused-ring (bicyclic) bond motifs is 1. The summed E-state index contributed by atoms with van der Waals surface area (Å²) in [6.07, 6.45) is 4.33. The van der Waals surface area contributed by atoms with Crippen LogP contribution in [0.4, 0.5) is 0 Å². The molecule has 0 amide bonds. The number of aryl methyl sites for hydroxylation is 1.